The molecule has 1 aromatic carbocycles. The van der Waals surface area contributed by atoms with E-state index >= 15 is 0 Å². The van der Waals surface area contributed by atoms with Crippen LogP contribution in [0, 0.1) is 17.1 Å². The van der Waals surface area contributed by atoms with Crippen LogP contribution in [-0.2, 0) is 6.42 Å². The molecule has 0 saturated heterocycles. The number of rotatable bonds is 2. The Hall–Kier alpha value is -1.57. The van der Waals surface area contributed by atoms with Gasteiger partial charge in [-0.15, -0.1) is 11.3 Å². The SMILES string of the molecule is CCc1c(-c2ccc(Cl)c(F)c2)sc(C#N)c1N. The van der Waals surface area contributed by atoms with Crippen molar-refractivity contribution in [2.24, 2.45) is 0 Å². The molecule has 0 radical (unpaired) electrons. The van der Waals surface area contributed by atoms with Gasteiger partial charge in [0.2, 0.25) is 0 Å². The van der Waals surface area contributed by atoms with Gasteiger partial charge in [0.05, 0.1) is 10.7 Å². The first kappa shape index (κ1) is 12.9. The predicted molar refractivity (Wildman–Crippen MR) is 73.2 cm³/mol. The fraction of sp³-hybridized carbons (Fsp3) is 0.154. The highest BCUT2D eigenvalue weighted by Gasteiger charge is 2.16. The fourth-order valence-electron chi connectivity index (χ4n) is 1.78. The van der Waals surface area contributed by atoms with Crippen LogP contribution in [0.1, 0.15) is 17.4 Å². The lowest BCUT2D eigenvalue weighted by atomic mass is 10.1. The van der Waals surface area contributed by atoms with Crippen LogP contribution in [0.15, 0.2) is 18.2 Å². The summed E-state index contributed by atoms with van der Waals surface area (Å²) in [4.78, 5) is 1.30. The maximum Gasteiger partial charge on any atom is 0.142 e. The molecule has 18 heavy (non-hydrogen) atoms. The molecule has 0 atom stereocenters. The molecule has 2 nitrogen and oxygen atoms in total. The molecular weight excluding hydrogens is 271 g/mol. The zero-order chi connectivity index (χ0) is 13.3. The van der Waals surface area contributed by atoms with Crippen molar-refractivity contribution in [1.82, 2.24) is 0 Å². The van der Waals surface area contributed by atoms with Gasteiger partial charge in [0.15, 0.2) is 0 Å². The van der Waals surface area contributed by atoms with E-state index in [1.54, 1.807) is 6.07 Å². The summed E-state index contributed by atoms with van der Waals surface area (Å²) in [6.45, 7) is 1.95. The quantitative estimate of drug-likeness (QED) is 0.895. The van der Waals surface area contributed by atoms with Gasteiger partial charge in [0.1, 0.15) is 16.8 Å². The number of benzene rings is 1. The highest BCUT2D eigenvalue weighted by Crippen LogP contribution is 2.39. The molecule has 1 heterocycles. The molecule has 0 spiro atoms. The van der Waals surface area contributed by atoms with Crippen molar-refractivity contribution in [2.45, 2.75) is 13.3 Å². The lowest BCUT2D eigenvalue weighted by Gasteiger charge is -2.03. The molecule has 92 valence electrons. The first-order chi connectivity index (χ1) is 8.58. The van der Waals surface area contributed by atoms with Crippen molar-refractivity contribution in [3.63, 3.8) is 0 Å². The summed E-state index contributed by atoms with van der Waals surface area (Å²) in [5.41, 5.74) is 7.98. The van der Waals surface area contributed by atoms with Crippen LogP contribution >= 0.6 is 22.9 Å². The summed E-state index contributed by atoms with van der Waals surface area (Å²) in [5.74, 6) is -0.471. The second-order valence-electron chi connectivity index (χ2n) is 3.75. The smallest absolute Gasteiger partial charge is 0.142 e. The third kappa shape index (κ3) is 2.07. The molecule has 0 fully saturated rings. The van der Waals surface area contributed by atoms with Crippen LogP contribution in [0.4, 0.5) is 10.1 Å². The highest BCUT2D eigenvalue weighted by atomic mass is 35.5. The average molecular weight is 281 g/mol. The van der Waals surface area contributed by atoms with Crippen molar-refractivity contribution in [1.29, 1.82) is 5.26 Å². The topological polar surface area (TPSA) is 49.8 Å². The van der Waals surface area contributed by atoms with Gasteiger partial charge >= 0.3 is 0 Å². The molecule has 0 unspecified atom stereocenters. The Bertz CT molecular complexity index is 643. The van der Waals surface area contributed by atoms with E-state index in [2.05, 4.69) is 6.07 Å². The molecule has 0 aliphatic rings. The molecular formula is C13H10ClFN2S. The van der Waals surface area contributed by atoms with Crippen molar-refractivity contribution in [3.05, 3.63) is 39.5 Å². The van der Waals surface area contributed by atoms with Crippen molar-refractivity contribution >= 4 is 28.6 Å². The van der Waals surface area contributed by atoms with E-state index < -0.39 is 5.82 Å². The minimum atomic E-state index is -0.471. The number of nitrogen functional groups attached to an aromatic ring is 1. The number of nitrogens with zero attached hydrogens (tertiary/aromatic N) is 1. The molecule has 2 rings (SSSR count). The zero-order valence-corrected chi connectivity index (χ0v) is 11.2. The van der Waals surface area contributed by atoms with E-state index in [4.69, 9.17) is 22.6 Å². The molecule has 0 amide bonds. The average Bonchev–Trinajstić information content (AvgIpc) is 2.69. The van der Waals surface area contributed by atoms with Crippen LogP contribution in [0.5, 0.6) is 0 Å². The normalized spacial score (nSPS) is 10.3. The molecule has 0 aliphatic carbocycles. The summed E-state index contributed by atoms with van der Waals surface area (Å²) in [6, 6.07) is 6.67. The molecule has 2 N–H and O–H groups in total. The Balaban J connectivity index is 2.63. The van der Waals surface area contributed by atoms with Gasteiger partial charge in [0.25, 0.3) is 0 Å². The van der Waals surface area contributed by atoms with Crippen LogP contribution in [0.2, 0.25) is 5.02 Å². The van der Waals surface area contributed by atoms with Gasteiger partial charge < -0.3 is 5.73 Å². The number of nitriles is 1. The molecule has 0 aliphatic heterocycles. The van der Waals surface area contributed by atoms with Gasteiger partial charge in [-0.05, 0) is 29.7 Å². The maximum absolute atomic E-state index is 13.5. The lowest BCUT2D eigenvalue weighted by molar-refractivity contribution is 0.629. The fourth-order valence-corrected chi connectivity index (χ4v) is 3.01. The first-order valence-corrected chi connectivity index (χ1v) is 6.54. The van der Waals surface area contributed by atoms with Crippen molar-refractivity contribution in [2.75, 3.05) is 5.73 Å². The number of halogens is 2. The molecule has 0 saturated carbocycles. The predicted octanol–water partition coefficient (Wildman–Crippen LogP) is 4.22. The summed E-state index contributed by atoms with van der Waals surface area (Å²) < 4.78 is 13.5. The summed E-state index contributed by atoms with van der Waals surface area (Å²) in [5, 5.41) is 9.07. The van der Waals surface area contributed by atoms with Gasteiger partial charge in [0, 0.05) is 4.88 Å². The number of hydrogen-bond acceptors (Lipinski definition) is 3. The van der Waals surface area contributed by atoms with E-state index in [-0.39, 0.29) is 5.02 Å². The Morgan fingerprint density at radius 3 is 2.78 bits per heavy atom. The summed E-state index contributed by atoms with van der Waals surface area (Å²) in [6.07, 6.45) is 0.698. The number of thiophene rings is 1. The Morgan fingerprint density at radius 1 is 1.50 bits per heavy atom. The number of hydrogen-bond donors (Lipinski definition) is 1. The highest BCUT2D eigenvalue weighted by molar-refractivity contribution is 7.16. The zero-order valence-electron chi connectivity index (χ0n) is 9.63. The first-order valence-electron chi connectivity index (χ1n) is 5.35. The molecule has 0 bridgehead atoms. The Labute approximate surface area is 113 Å². The standard InChI is InChI=1S/C13H10ClFN2S/c1-2-8-12(17)11(6-16)18-13(8)7-3-4-9(14)10(15)5-7/h3-5H,2,17H2,1H3. The van der Waals surface area contributed by atoms with Crippen LogP contribution in [0.3, 0.4) is 0 Å². The summed E-state index contributed by atoms with van der Waals surface area (Å²) >= 11 is 6.94. The minimum Gasteiger partial charge on any atom is -0.397 e. The minimum absolute atomic E-state index is 0.0850. The Morgan fingerprint density at radius 2 is 2.22 bits per heavy atom. The van der Waals surface area contributed by atoms with E-state index in [0.29, 0.717) is 22.5 Å². The van der Waals surface area contributed by atoms with Crippen LogP contribution in [-0.4, -0.2) is 0 Å². The number of anilines is 1. The van der Waals surface area contributed by atoms with Crippen molar-refractivity contribution in [3.8, 4) is 16.5 Å². The van der Waals surface area contributed by atoms with E-state index in [0.717, 1.165) is 10.4 Å². The van der Waals surface area contributed by atoms with E-state index in [1.165, 1.54) is 23.5 Å². The second-order valence-corrected chi connectivity index (χ2v) is 5.17. The molecule has 2 aromatic rings. The lowest BCUT2D eigenvalue weighted by Crippen LogP contribution is -1.91. The summed E-state index contributed by atoms with van der Waals surface area (Å²) in [7, 11) is 0. The third-order valence-electron chi connectivity index (χ3n) is 2.68. The largest absolute Gasteiger partial charge is 0.397 e. The molecule has 1 aromatic heterocycles. The van der Waals surface area contributed by atoms with Gasteiger partial charge in [-0.1, -0.05) is 24.6 Å². The maximum atomic E-state index is 13.5. The molecule has 5 heteroatoms. The second kappa shape index (κ2) is 4.97. The van der Waals surface area contributed by atoms with E-state index in [1.807, 2.05) is 6.92 Å². The van der Waals surface area contributed by atoms with E-state index in [9.17, 15) is 4.39 Å². The number of nitrogens with two attached hydrogens (primary N) is 1. The third-order valence-corrected chi connectivity index (χ3v) is 4.19. The van der Waals surface area contributed by atoms with Gasteiger partial charge in [-0.3, -0.25) is 0 Å². The van der Waals surface area contributed by atoms with Crippen LogP contribution in [0.25, 0.3) is 10.4 Å². The Kier molecular flexibility index (Phi) is 3.55. The van der Waals surface area contributed by atoms with Gasteiger partial charge in [-0.25, -0.2) is 4.39 Å². The van der Waals surface area contributed by atoms with Crippen LogP contribution < -0.4 is 5.73 Å². The van der Waals surface area contributed by atoms with Crippen molar-refractivity contribution < 1.29 is 4.39 Å². The monoisotopic (exact) mass is 280 g/mol. The van der Waals surface area contributed by atoms with Gasteiger partial charge in [-0.2, -0.15) is 5.26 Å².